The molecule has 0 aliphatic carbocycles. The lowest BCUT2D eigenvalue weighted by Crippen LogP contribution is -2.29. The summed E-state index contributed by atoms with van der Waals surface area (Å²) in [7, 11) is 0. The molecule has 25 heavy (non-hydrogen) atoms. The van der Waals surface area contributed by atoms with E-state index in [-0.39, 0.29) is 17.9 Å². The van der Waals surface area contributed by atoms with Gasteiger partial charge in [-0.3, -0.25) is 4.79 Å². The highest BCUT2D eigenvalue weighted by Crippen LogP contribution is 2.24. The zero-order valence-electron chi connectivity index (χ0n) is 15.1. The summed E-state index contributed by atoms with van der Waals surface area (Å²) in [6, 6.07) is 15.7. The number of hydrogen-bond donors (Lipinski definition) is 1. The molecule has 0 saturated heterocycles. The number of rotatable bonds is 7. The third-order valence-corrected chi connectivity index (χ3v) is 4.36. The summed E-state index contributed by atoms with van der Waals surface area (Å²) in [6.07, 6.45) is 1.69. The summed E-state index contributed by atoms with van der Waals surface area (Å²) in [5.41, 5.74) is 2.45. The first kappa shape index (κ1) is 19.3. The minimum Gasteiger partial charge on any atom is -0.484 e. The van der Waals surface area contributed by atoms with Crippen molar-refractivity contribution in [1.29, 1.82) is 0 Å². The molecule has 0 spiro atoms. The van der Waals surface area contributed by atoms with E-state index in [1.807, 2.05) is 48.5 Å². The maximum absolute atomic E-state index is 11.9. The van der Waals surface area contributed by atoms with Gasteiger partial charge in [0.25, 0.3) is 5.91 Å². The molecule has 0 fully saturated rings. The fraction of sp³-hybridized carbons (Fsp3) is 0.381. The van der Waals surface area contributed by atoms with Crippen molar-refractivity contribution in [3.8, 4) is 5.75 Å². The maximum Gasteiger partial charge on any atom is 0.257 e. The molecule has 0 atom stereocenters. The van der Waals surface area contributed by atoms with Crippen LogP contribution in [-0.2, 0) is 16.6 Å². The van der Waals surface area contributed by atoms with Gasteiger partial charge in [0.15, 0.2) is 6.61 Å². The molecule has 0 heterocycles. The lowest BCUT2D eigenvalue weighted by Gasteiger charge is -2.19. The van der Waals surface area contributed by atoms with E-state index in [9.17, 15) is 4.79 Å². The van der Waals surface area contributed by atoms with Crippen molar-refractivity contribution in [1.82, 2.24) is 5.32 Å². The summed E-state index contributed by atoms with van der Waals surface area (Å²) in [4.78, 5) is 11.9. The normalized spacial score (nSPS) is 11.2. The van der Waals surface area contributed by atoms with Crippen LogP contribution in [0.3, 0.4) is 0 Å². The number of benzene rings is 2. The molecule has 2 rings (SSSR count). The van der Waals surface area contributed by atoms with E-state index in [1.54, 1.807) is 0 Å². The van der Waals surface area contributed by atoms with Gasteiger partial charge in [0.2, 0.25) is 0 Å². The quantitative estimate of drug-likeness (QED) is 0.723. The van der Waals surface area contributed by atoms with Crippen molar-refractivity contribution in [3.63, 3.8) is 0 Å². The fourth-order valence-electron chi connectivity index (χ4n) is 2.46. The molecule has 134 valence electrons. The smallest absolute Gasteiger partial charge is 0.257 e. The van der Waals surface area contributed by atoms with Crippen LogP contribution in [0.15, 0.2) is 48.5 Å². The Balaban J connectivity index is 1.68. The predicted octanol–water partition coefficient (Wildman–Crippen LogP) is 4.77. The van der Waals surface area contributed by atoms with Crippen LogP contribution >= 0.6 is 11.6 Å². The van der Waals surface area contributed by atoms with Gasteiger partial charge in [0.1, 0.15) is 5.75 Å². The van der Waals surface area contributed by atoms with Crippen molar-refractivity contribution >= 4 is 17.5 Å². The number of carbonyl (C=O) groups is 1. The molecule has 3 nitrogen and oxygen atoms in total. The summed E-state index contributed by atoms with van der Waals surface area (Å²) in [6.45, 7) is 7.13. The van der Waals surface area contributed by atoms with Gasteiger partial charge in [-0.05, 0) is 47.6 Å². The van der Waals surface area contributed by atoms with Crippen LogP contribution in [-0.4, -0.2) is 19.1 Å². The molecule has 0 saturated carbocycles. The number of hydrogen-bond acceptors (Lipinski definition) is 2. The second kappa shape index (κ2) is 8.91. The van der Waals surface area contributed by atoms with Crippen LogP contribution in [0.5, 0.6) is 5.75 Å². The van der Waals surface area contributed by atoms with Gasteiger partial charge in [-0.25, -0.2) is 0 Å². The first-order chi connectivity index (χ1) is 11.9. The van der Waals surface area contributed by atoms with Gasteiger partial charge in [0.05, 0.1) is 0 Å². The lowest BCUT2D eigenvalue weighted by atomic mass is 9.87. The van der Waals surface area contributed by atoms with E-state index < -0.39 is 0 Å². The molecule has 0 bridgehead atoms. The molecule has 0 aliphatic heterocycles. The second-order valence-electron chi connectivity index (χ2n) is 7.11. The molecule has 1 N–H and O–H groups in total. The molecule has 2 aromatic rings. The summed E-state index contributed by atoms with van der Waals surface area (Å²) < 4.78 is 5.54. The standard InChI is InChI=1S/C21H26ClNO2/c1-21(2,3)17-10-12-18(13-11-17)25-15-20(24)23-14-6-8-16-7-4-5-9-19(16)22/h4-5,7,9-13H,6,8,14-15H2,1-3H3,(H,23,24). The maximum atomic E-state index is 11.9. The molecule has 0 radical (unpaired) electrons. The van der Waals surface area contributed by atoms with Gasteiger partial charge < -0.3 is 10.1 Å². The number of aryl methyl sites for hydroxylation is 1. The number of ether oxygens (including phenoxy) is 1. The Labute approximate surface area is 155 Å². The molecule has 0 unspecified atom stereocenters. The van der Waals surface area contributed by atoms with Crippen LogP contribution in [0, 0.1) is 0 Å². The zero-order valence-corrected chi connectivity index (χ0v) is 15.9. The van der Waals surface area contributed by atoms with Crippen LogP contribution in [0.25, 0.3) is 0 Å². The van der Waals surface area contributed by atoms with Gasteiger partial charge in [-0.2, -0.15) is 0 Å². The monoisotopic (exact) mass is 359 g/mol. The van der Waals surface area contributed by atoms with Crippen LogP contribution < -0.4 is 10.1 Å². The van der Waals surface area contributed by atoms with Gasteiger partial charge >= 0.3 is 0 Å². The Morgan fingerprint density at radius 2 is 1.76 bits per heavy atom. The number of nitrogens with one attached hydrogen (secondary N) is 1. The first-order valence-electron chi connectivity index (χ1n) is 8.60. The Bertz CT molecular complexity index is 690. The summed E-state index contributed by atoms with van der Waals surface area (Å²) in [5.74, 6) is 0.596. The van der Waals surface area contributed by atoms with Gasteiger partial charge in [0, 0.05) is 11.6 Å². The van der Waals surface area contributed by atoms with Crippen molar-refractivity contribution < 1.29 is 9.53 Å². The minimum absolute atomic E-state index is 0.0287. The Hall–Kier alpha value is -2.00. The Morgan fingerprint density at radius 3 is 2.40 bits per heavy atom. The fourth-order valence-corrected chi connectivity index (χ4v) is 2.69. The lowest BCUT2D eigenvalue weighted by molar-refractivity contribution is -0.123. The average Bonchev–Trinajstić information content (AvgIpc) is 2.58. The molecule has 1 amide bonds. The van der Waals surface area contributed by atoms with E-state index in [0.29, 0.717) is 12.3 Å². The van der Waals surface area contributed by atoms with Crippen molar-refractivity contribution in [2.75, 3.05) is 13.2 Å². The number of carbonyl (C=O) groups excluding carboxylic acids is 1. The predicted molar refractivity (Wildman–Crippen MR) is 103 cm³/mol. The molecule has 4 heteroatoms. The largest absolute Gasteiger partial charge is 0.484 e. The van der Waals surface area contributed by atoms with Gasteiger partial charge in [-0.15, -0.1) is 0 Å². The van der Waals surface area contributed by atoms with E-state index in [2.05, 4.69) is 26.1 Å². The van der Waals surface area contributed by atoms with E-state index in [1.165, 1.54) is 5.56 Å². The first-order valence-corrected chi connectivity index (χ1v) is 8.97. The summed E-state index contributed by atoms with van der Waals surface area (Å²) >= 11 is 6.12. The molecular formula is C21H26ClNO2. The number of halogens is 1. The molecule has 0 aromatic heterocycles. The second-order valence-corrected chi connectivity index (χ2v) is 7.52. The zero-order chi connectivity index (χ0) is 18.3. The SMILES string of the molecule is CC(C)(C)c1ccc(OCC(=O)NCCCc2ccccc2Cl)cc1. The van der Waals surface area contributed by atoms with Crippen LogP contribution in [0.2, 0.25) is 5.02 Å². The summed E-state index contributed by atoms with van der Waals surface area (Å²) in [5, 5.41) is 3.65. The highest BCUT2D eigenvalue weighted by atomic mass is 35.5. The van der Waals surface area contributed by atoms with Crippen LogP contribution in [0.1, 0.15) is 38.3 Å². The third kappa shape index (κ3) is 6.43. The van der Waals surface area contributed by atoms with Gasteiger partial charge in [-0.1, -0.05) is 62.7 Å². The minimum atomic E-state index is -0.112. The molecule has 2 aromatic carbocycles. The van der Waals surface area contributed by atoms with Crippen molar-refractivity contribution in [2.45, 2.75) is 39.0 Å². The van der Waals surface area contributed by atoms with Crippen molar-refractivity contribution in [2.24, 2.45) is 0 Å². The van der Waals surface area contributed by atoms with Crippen molar-refractivity contribution in [3.05, 3.63) is 64.7 Å². The highest BCUT2D eigenvalue weighted by molar-refractivity contribution is 6.31. The number of amides is 1. The van der Waals surface area contributed by atoms with Crippen LogP contribution in [0.4, 0.5) is 0 Å². The van der Waals surface area contributed by atoms with E-state index in [4.69, 9.17) is 16.3 Å². The Morgan fingerprint density at radius 1 is 1.08 bits per heavy atom. The molecular weight excluding hydrogens is 334 g/mol. The molecule has 0 aliphatic rings. The average molecular weight is 360 g/mol. The van der Waals surface area contributed by atoms with E-state index >= 15 is 0 Å². The highest BCUT2D eigenvalue weighted by Gasteiger charge is 2.13. The third-order valence-electron chi connectivity index (χ3n) is 3.99. The van der Waals surface area contributed by atoms with E-state index in [0.717, 1.165) is 23.4 Å². The Kier molecular flexibility index (Phi) is 6.89. The topological polar surface area (TPSA) is 38.3 Å².